The second-order valence-corrected chi connectivity index (χ2v) is 7.61. The minimum Gasteiger partial charge on any atom is -0.293 e. The zero-order valence-electron chi connectivity index (χ0n) is 16.2. The number of benzene rings is 3. The fourth-order valence-electron chi connectivity index (χ4n) is 2.97. The molecule has 0 N–H and O–H groups in total. The second kappa shape index (κ2) is 9.06. The van der Waals surface area contributed by atoms with Gasteiger partial charge in [-0.3, -0.25) is 14.5 Å². The van der Waals surface area contributed by atoms with Crippen LogP contribution in [0.15, 0.2) is 89.6 Å². The molecule has 0 saturated carbocycles. The third kappa shape index (κ3) is 4.78. The summed E-state index contributed by atoms with van der Waals surface area (Å²) in [4.78, 5) is 31.3. The summed E-state index contributed by atoms with van der Waals surface area (Å²) in [6, 6.07) is 20.0. The van der Waals surface area contributed by atoms with E-state index in [-0.39, 0.29) is 23.1 Å². The monoisotopic (exact) mass is 434 g/mol. The highest BCUT2D eigenvalue weighted by Gasteiger charge is 2.32. The molecule has 0 spiro atoms. The van der Waals surface area contributed by atoms with E-state index in [4.69, 9.17) is 0 Å². The Morgan fingerprint density at radius 3 is 2.16 bits per heavy atom. The summed E-state index contributed by atoms with van der Waals surface area (Å²) in [7, 11) is 0. The summed E-state index contributed by atoms with van der Waals surface area (Å²) in [6.07, 6.45) is 1.66. The highest BCUT2D eigenvalue weighted by Crippen LogP contribution is 2.30. The van der Waals surface area contributed by atoms with E-state index >= 15 is 0 Å². The van der Waals surface area contributed by atoms with Crippen LogP contribution >= 0.6 is 11.8 Å². The van der Waals surface area contributed by atoms with Gasteiger partial charge in [-0.15, -0.1) is 0 Å². The molecule has 0 unspecified atom stereocenters. The molecule has 0 aromatic heterocycles. The van der Waals surface area contributed by atoms with E-state index in [0.717, 1.165) is 17.3 Å². The van der Waals surface area contributed by atoms with Crippen LogP contribution in [-0.4, -0.2) is 22.6 Å². The zero-order chi connectivity index (χ0) is 21.8. The van der Waals surface area contributed by atoms with Crippen LogP contribution in [0.4, 0.5) is 14.5 Å². The molecular formula is C24H16F2N2O2S. The van der Waals surface area contributed by atoms with Crippen LogP contribution in [0.1, 0.15) is 15.9 Å². The number of ketones is 1. The van der Waals surface area contributed by atoms with Gasteiger partial charge in [0.05, 0.1) is 11.4 Å². The van der Waals surface area contributed by atoms with Crippen molar-refractivity contribution >= 4 is 40.4 Å². The molecule has 1 heterocycles. The van der Waals surface area contributed by atoms with Gasteiger partial charge in [0, 0.05) is 5.56 Å². The van der Waals surface area contributed by atoms with Gasteiger partial charge in [0.1, 0.15) is 17.3 Å². The molecule has 0 fully saturated rings. The normalized spacial score (nSPS) is 14.8. The number of hydrogen-bond donors (Lipinski definition) is 0. The van der Waals surface area contributed by atoms with Crippen molar-refractivity contribution in [1.29, 1.82) is 0 Å². The first kappa shape index (κ1) is 20.7. The van der Waals surface area contributed by atoms with Gasteiger partial charge in [-0.05, 0) is 60.2 Å². The number of nitrogens with zero attached hydrogens (tertiary/aromatic N) is 2. The van der Waals surface area contributed by atoms with Crippen LogP contribution in [0.2, 0.25) is 0 Å². The third-order valence-corrected chi connectivity index (χ3v) is 5.45. The largest absolute Gasteiger partial charge is 0.293 e. The first-order chi connectivity index (χ1) is 15.0. The number of carbonyl (C=O) groups excluding carboxylic acids is 2. The SMILES string of the molecule is O=C(CSC1=N/C(=C/c2ccccc2)C(=O)N1c1ccc(F)cc1)c1ccc(F)cc1. The molecule has 4 nitrogen and oxygen atoms in total. The van der Waals surface area contributed by atoms with Crippen LogP contribution in [0.3, 0.4) is 0 Å². The van der Waals surface area contributed by atoms with Crippen molar-refractivity contribution in [2.75, 3.05) is 10.7 Å². The number of halogens is 2. The predicted octanol–water partition coefficient (Wildman–Crippen LogP) is 5.32. The molecule has 1 aliphatic heterocycles. The second-order valence-electron chi connectivity index (χ2n) is 6.67. The maximum atomic E-state index is 13.4. The van der Waals surface area contributed by atoms with Gasteiger partial charge in [-0.25, -0.2) is 13.8 Å². The zero-order valence-corrected chi connectivity index (χ0v) is 17.0. The van der Waals surface area contributed by atoms with Crippen molar-refractivity contribution in [3.8, 4) is 0 Å². The van der Waals surface area contributed by atoms with Crippen molar-refractivity contribution < 1.29 is 18.4 Å². The molecule has 31 heavy (non-hydrogen) atoms. The smallest absolute Gasteiger partial charge is 0.283 e. The van der Waals surface area contributed by atoms with Gasteiger partial charge in [0.15, 0.2) is 11.0 Å². The fraction of sp³-hybridized carbons (Fsp3) is 0.0417. The van der Waals surface area contributed by atoms with Gasteiger partial charge >= 0.3 is 0 Å². The quantitative estimate of drug-likeness (QED) is 0.403. The van der Waals surface area contributed by atoms with Crippen LogP contribution in [-0.2, 0) is 4.79 Å². The number of aliphatic imine (C=N–C) groups is 1. The predicted molar refractivity (Wildman–Crippen MR) is 119 cm³/mol. The average molecular weight is 434 g/mol. The van der Waals surface area contributed by atoms with Gasteiger partial charge < -0.3 is 0 Å². The van der Waals surface area contributed by atoms with Crippen LogP contribution in [0.5, 0.6) is 0 Å². The Balaban J connectivity index is 1.61. The van der Waals surface area contributed by atoms with Gasteiger partial charge in [-0.1, -0.05) is 42.1 Å². The molecule has 7 heteroatoms. The number of amidine groups is 1. The lowest BCUT2D eigenvalue weighted by atomic mass is 10.1. The van der Waals surface area contributed by atoms with Crippen LogP contribution in [0.25, 0.3) is 6.08 Å². The van der Waals surface area contributed by atoms with Crippen molar-refractivity contribution in [3.63, 3.8) is 0 Å². The number of thioether (sulfide) groups is 1. The van der Waals surface area contributed by atoms with E-state index in [1.165, 1.54) is 53.4 Å². The maximum absolute atomic E-state index is 13.4. The van der Waals surface area contributed by atoms with Gasteiger partial charge in [0.2, 0.25) is 0 Å². The average Bonchev–Trinajstić information content (AvgIpc) is 3.09. The first-order valence-electron chi connectivity index (χ1n) is 9.38. The number of Topliss-reactive ketones (excluding diaryl/α,β-unsaturated/α-hetero) is 1. The van der Waals surface area contributed by atoms with Crippen molar-refractivity contribution in [2.24, 2.45) is 4.99 Å². The number of carbonyl (C=O) groups is 2. The van der Waals surface area contributed by atoms with E-state index in [1.54, 1.807) is 6.08 Å². The molecule has 0 atom stereocenters. The molecule has 1 amide bonds. The van der Waals surface area contributed by atoms with Gasteiger partial charge in [-0.2, -0.15) is 0 Å². The minimum atomic E-state index is -0.423. The minimum absolute atomic E-state index is 0.00799. The molecule has 0 radical (unpaired) electrons. The van der Waals surface area contributed by atoms with E-state index in [0.29, 0.717) is 16.4 Å². The molecule has 4 rings (SSSR count). The lowest BCUT2D eigenvalue weighted by molar-refractivity contribution is -0.113. The Labute approximate surface area is 181 Å². The number of rotatable bonds is 5. The highest BCUT2D eigenvalue weighted by atomic mass is 32.2. The van der Waals surface area contributed by atoms with Crippen molar-refractivity contribution in [1.82, 2.24) is 0 Å². The summed E-state index contributed by atoms with van der Waals surface area (Å²) in [5.74, 6) is -1.43. The molecular weight excluding hydrogens is 418 g/mol. The van der Waals surface area contributed by atoms with E-state index in [2.05, 4.69) is 4.99 Å². The Morgan fingerprint density at radius 1 is 0.903 bits per heavy atom. The molecule has 0 bridgehead atoms. The molecule has 154 valence electrons. The topological polar surface area (TPSA) is 49.7 Å². The number of amides is 1. The van der Waals surface area contributed by atoms with Gasteiger partial charge in [0.25, 0.3) is 5.91 Å². The molecule has 0 saturated heterocycles. The Bertz CT molecular complexity index is 1170. The van der Waals surface area contributed by atoms with E-state index in [1.807, 2.05) is 30.3 Å². The molecule has 3 aromatic carbocycles. The number of hydrogen-bond acceptors (Lipinski definition) is 4. The summed E-state index contributed by atoms with van der Waals surface area (Å²) >= 11 is 1.09. The summed E-state index contributed by atoms with van der Waals surface area (Å²) in [6.45, 7) is 0. The highest BCUT2D eigenvalue weighted by molar-refractivity contribution is 8.14. The van der Waals surface area contributed by atoms with Crippen molar-refractivity contribution in [3.05, 3.63) is 107 Å². The lowest BCUT2D eigenvalue weighted by Crippen LogP contribution is -2.30. The lowest BCUT2D eigenvalue weighted by Gasteiger charge is -2.17. The van der Waals surface area contributed by atoms with Crippen molar-refractivity contribution in [2.45, 2.75) is 0 Å². The Hall–Kier alpha value is -3.58. The van der Waals surface area contributed by atoms with E-state index in [9.17, 15) is 18.4 Å². The van der Waals surface area contributed by atoms with E-state index < -0.39 is 11.6 Å². The van der Waals surface area contributed by atoms with Crippen LogP contribution in [0, 0.1) is 11.6 Å². The number of anilines is 1. The standard InChI is InChI=1S/C24H16F2N2O2S/c25-18-8-6-17(7-9-18)22(29)15-31-24-27-21(14-16-4-2-1-3-5-16)23(30)28(24)20-12-10-19(26)11-13-20/h1-14H,15H2/b21-14+. The summed E-state index contributed by atoms with van der Waals surface area (Å²) in [5, 5.41) is 0.314. The molecule has 3 aromatic rings. The Morgan fingerprint density at radius 2 is 1.52 bits per heavy atom. The summed E-state index contributed by atoms with van der Waals surface area (Å²) in [5.41, 5.74) is 1.84. The molecule has 1 aliphatic rings. The third-order valence-electron chi connectivity index (χ3n) is 4.52. The Kier molecular flexibility index (Phi) is 6.04. The first-order valence-corrected chi connectivity index (χ1v) is 10.4. The van der Waals surface area contributed by atoms with Crippen LogP contribution < -0.4 is 4.90 Å². The summed E-state index contributed by atoms with van der Waals surface area (Å²) < 4.78 is 26.5. The molecule has 0 aliphatic carbocycles. The maximum Gasteiger partial charge on any atom is 0.283 e. The fourth-order valence-corrected chi connectivity index (χ4v) is 3.87.